The van der Waals surface area contributed by atoms with Crippen molar-refractivity contribution in [3.05, 3.63) is 41.1 Å². The van der Waals surface area contributed by atoms with Gasteiger partial charge in [-0.25, -0.2) is 4.68 Å². The predicted molar refractivity (Wildman–Crippen MR) is 102 cm³/mol. The van der Waals surface area contributed by atoms with E-state index in [1.165, 1.54) is 0 Å². The van der Waals surface area contributed by atoms with Gasteiger partial charge in [-0.1, -0.05) is 37.7 Å². The molecule has 0 saturated heterocycles. The quantitative estimate of drug-likeness (QED) is 0.828. The first-order valence-electron chi connectivity index (χ1n) is 8.87. The highest BCUT2D eigenvalue weighted by Gasteiger charge is 2.38. The van der Waals surface area contributed by atoms with Crippen molar-refractivity contribution in [2.75, 3.05) is 18.2 Å². The molecule has 0 saturated carbocycles. The predicted octanol–water partition coefficient (Wildman–Crippen LogP) is 3.67. The maximum absolute atomic E-state index is 12.9. The number of anilines is 1. The Morgan fingerprint density at radius 3 is 2.77 bits per heavy atom. The van der Waals surface area contributed by atoms with Crippen LogP contribution in [0.15, 0.2) is 40.7 Å². The number of hydrogen-bond acceptors (Lipinski definition) is 6. The van der Waals surface area contributed by atoms with Gasteiger partial charge in [0.25, 0.3) is 0 Å². The van der Waals surface area contributed by atoms with Gasteiger partial charge < -0.3 is 10.1 Å². The zero-order valence-electron chi connectivity index (χ0n) is 15.2. The zero-order valence-corrected chi connectivity index (χ0v) is 16.0. The SMILES string of the molecule is CCSc1nc2n(n1)[C@H](c1ccc(OC)cc1)C1=C(C[C@H](C)CC1=O)N2. The molecule has 2 aliphatic rings. The molecule has 4 rings (SSSR count). The Morgan fingerprint density at radius 1 is 1.31 bits per heavy atom. The summed E-state index contributed by atoms with van der Waals surface area (Å²) in [5.74, 6) is 2.94. The summed E-state index contributed by atoms with van der Waals surface area (Å²) in [6.07, 6.45) is 1.44. The summed E-state index contributed by atoms with van der Waals surface area (Å²) in [5.41, 5.74) is 2.82. The van der Waals surface area contributed by atoms with Crippen LogP contribution in [0.3, 0.4) is 0 Å². The van der Waals surface area contributed by atoms with Crippen LogP contribution in [0.4, 0.5) is 5.95 Å². The lowest BCUT2D eigenvalue weighted by molar-refractivity contribution is -0.117. The Bertz CT molecular complexity index is 872. The molecular formula is C19H22N4O2S. The summed E-state index contributed by atoms with van der Waals surface area (Å²) in [6.45, 7) is 4.19. The van der Waals surface area contributed by atoms with Gasteiger partial charge in [-0.3, -0.25) is 4.79 Å². The summed E-state index contributed by atoms with van der Waals surface area (Å²) in [7, 11) is 1.65. The number of fused-ring (bicyclic) bond motifs is 1. The summed E-state index contributed by atoms with van der Waals surface area (Å²) in [5, 5.41) is 8.78. The van der Waals surface area contributed by atoms with Crippen LogP contribution in [0.25, 0.3) is 0 Å². The highest BCUT2D eigenvalue weighted by molar-refractivity contribution is 7.99. The first-order chi connectivity index (χ1) is 12.6. The van der Waals surface area contributed by atoms with Gasteiger partial charge in [-0.15, -0.1) is 5.10 Å². The highest BCUT2D eigenvalue weighted by atomic mass is 32.2. The van der Waals surface area contributed by atoms with Crippen LogP contribution < -0.4 is 10.1 Å². The van der Waals surface area contributed by atoms with E-state index >= 15 is 0 Å². The number of nitrogens with one attached hydrogen (secondary N) is 1. The normalized spacial score (nSPS) is 21.9. The number of ether oxygens (including phenoxy) is 1. The topological polar surface area (TPSA) is 69.0 Å². The van der Waals surface area contributed by atoms with E-state index in [1.807, 2.05) is 28.9 Å². The highest BCUT2D eigenvalue weighted by Crippen LogP contribution is 2.42. The van der Waals surface area contributed by atoms with Crippen LogP contribution in [0, 0.1) is 5.92 Å². The minimum absolute atomic E-state index is 0.193. The number of carbonyl (C=O) groups is 1. The lowest BCUT2D eigenvalue weighted by Crippen LogP contribution is -2.33. The van der Waals surface area contributed by atoms with Crippen molar-refractivity contribution >= 4 is 23.5 Å². The second-order valence-corrected chi connectivity index (χ2v) is 7.96. The number of rotatable bonds is 4. The first-order valence-corrected chi connectivity index (χ1v) is 9.85. The Hall–Kier alpha value is -2.28. The molecule has 136 valence electrons. The van der Waals surface area contributed by atoms with E-state index in [0.717, 1.165) is 39.9 Å². The first kappa shape index (κ1) is 17.1. The van der Waals surface area contributed by atoms with Gasteiger partial charge in [-0.05, 0) is 35.8 Å². The summed E-state index contributed by atoms with van der Waals surface area (Å²) in [4.78, 5) is 17.5. The van der Waals surface area contributed by atoms with E-state index in [4.69, 9.17) is 4.74 Å². The molecule has 2 atom stereocenters. The molecular weight excluding hydrogens is 348 g/mol. The number of Topliss-reactive ketones (excluding diaryl/α,β-unsaturated/α-hetero) is 1. The van der Waals surface area contributed by atoms with Gasteiger partial charge in [-0.2, -0.15) is 4.98 Å². The monoisotopic (exact) mass is 370 g/mol. The fourth-order valence-electron chi connectivity index (χ4n) is 3.67. The van der Waals surface area contributed by atoms with Gasteiger partial charge >= 0.3 is 0 Å². The van der Waals surface area contributed by atoms with Gasteiger partial charge in [0.05, 0.1) is 7.11 Å². The molecule has 1 aromatic carbocycles. The number of aromatic nitrogens is 3. The van der Waals surface area contributed by atoms with E-state index in [-0.39, 0.29) is 11.8 Å². The number of allylic oxidation sites excluding steroid dienone is 2. The molecule has 2 aromatic rings. The molecule has 0 amide bonds. The average molecular weight is 370 g/mol. The number of ketones is 1. The number of benzene rings is 1. The number of thioether (sulfide) groups is 1. The van der Waals surface area contributed by atoms with Crippen molar-refractivity contribution in [3.63, 3.8) is 0 Å². The van der Waals surface area contributed by atoms with Gasteiger partial charge in [0.1, 0.15) is 11.8 Å². The third-order valence-corrected chi connectivity index (χ3v) is 5.53. The summed E-state index contributed by atoms with van der Waals surface area (Å²) in [6, 6.07) is 7.61. The second-order valence-electron chi connectivity index (χ2n) is 6.73. The van der Waals surface area contributed by atoms with Gasteiger partial charge in [0.15, 0.2) is 5.78 Å². The van der Waals surface area contributed by atoms with Crippen LogP contribution in [0.2, 0.25) is 0 Å². The number of methoxy groups -OCH3 is 1. The molecule has 26 heavy (non-hydrogen) atoms. The molecule has 2 heterocycles. The number of hydrogen-bond donors (Lipinski definition) is 1. The molecule has 0 bridgehead atoms. The largest absolute Gasteiger partial charge is 0.497 e. The lowest BCUT2D eigenvalue weighted by Gasteiger charge is -2.34. The molecule has 1 aliphatic heterocycles. The maximum Gasteiger partial charge on any atom is 0.227 e. The molecule has 0 fully saturated rings. The van der Waals surface area contributed by atoms with Crippen molar-refractivity contribution in [1.82, 2.24) is 14.8 Å². The van der Waals surface area contributed by atoms with Crippen LogP contribution >= 0.6 is 11.8 Å². The fourth-order valence-corrected chi connectivity index (χ4v) is 4.23. The van der Waals surface area contributed by atoms with Crippen molar-refractivity contribution in [1.29, 1.82) is 0 Å². The molecule has 6 nitrogen and oxygen atoms in total. The van der Waals surface area contributed by atoms with Gasteiger partial charge in [0, 0.05) is 17.7 Å². The number of nitrogens with zero attached hydrogens (tertiary/aromatic N) is 3. The average Bonchev–Trinajstić information content (AvgIpc) is 3.02. The van der Waals surface area contributed by atoms with Crippen molar-refractivity contribution in [3.8, 4) is 5.75 Å². The van der Waals surface area contributed by atoms with Crippen LogP contribution in [0.5, 0.6) is 5.75 Å². The van der Waals surface area contributed by atoms with E-state index in [1.54, 1.807) is 18.9 Å². The molecule has 1 aromatic heterocycles. The minimum Gasteiger partial charge on any atom is -0.497 e. The molecule has 0 radical (unpaired) electrons. The Balaban J connectivity index is 1.84. The van der Waals surface area contributed by atoms with E-state index in [0.29, 0.717) is 18.3 Å². The Kier molecular flexibility index (Phi) is 4.48. The fraction of sp³-hybridized carbons (Fsp3) is 0.421. The third-order valence-electron chi connectivity index (χ3n) is 4.81. The molecule has 1 aliphatic carbocycles. The maximum atomic E-state index is 12.9. The molecule has 0 spiro atoms. The number of carbonyl (C=O) groups excluding carboxylic acids is 1. The van der Waals surface area contributed by atoms with E-state index < -0.39 is 0 Å². The third kappa shape index (κ3) is 2.90. The second kappa shape index (κ2) is 6.79. The minimum atomic E-state index is -0.245. The molecule has 7 heteroatoms. The van der Waals surface area contributed by atoms with E-state index in [9.17, 15) is 4.79 Å². The Morgan fingerprint density at radius 2 is 2.08 bits per heavy atom. The zero-order chi connectivity index (χ0) is 18.3. The van der Waals surface area contributed by atoms with Crippen molar-refractivity contribution in [2.24, 2.45) is 5.92 Å². The Labute approximate surface area is 157 Å². The van der Waals surface area contributed by atoms with Crippen LogP contribution in [0.1, 0.15) is 38.3 Å². The van der Waals surface area contributed by atoms with Gasteiger partial charge in [0.2, 0.25) is 11.1 Å². The lowest BCUT2D eigenvalue weighted by atomic mass is 9.81. The smallest absolute Gasteiger partial charge is 0.227 e. The van der Waals surface area contributed by atoms with Crippen molar-refractivity contribution in [2.45, 2.75) is 37.9 Å². The van der Waals surface area contributed by atoms with Crippen LogP contribution in [-0.2, 0) is 4.79 Å². The van der Waals surface area contributed by atoms with Crippen molar-refractivity contribution < 1.29 is 9.53 Å². The summed E-state index contributed by atoms with van der Waals surface area (Å²) < 4.78 is 7.13. The molecule has 1 N–H and O–H groups in total. The molecule has 0 unspecified atom stereocenters. The van der Waals surface area contributed by atoms with E-state index in [2.05, 4.69) is 29.2 Å². The van der Waals surface area contributed by atoms with Crippen LogP contribution in [-0.4, -0.2) is 33.4 Å². The summed E-state index contributed by atoms with van der Waals surface area (Å²) >= 11 is 1.60. The standard InChI is InChI=1S/C19H22N4O2S/c1-4-26-19-21-18-20-14-9-11(2)10-15(24)16(14)17(23(18)22-19)12-5-7-13(25-3)8-6-12/h5-8,11,17H,4,9-10H2,1-3H3,(H,20,21,22)/t11-,17+/m0/s1.